The van der Waals surface area contributed by atoms with Gasteiger partial charge in [-0.3, -0.25) is 0 Å². The third kappa shape index (κ3) is 4.11. The summed E-state index contributed by atoms with van der Waals surface area (Å²) in [4.78, 5) is 10.2. The minimum absolute atomic E-state index is 0.286. The van der Waals surface area contributed by atoms with Gasteiger partial charge in [0.2, 0.25) is 0 Å². The molecule has 0 aliphatic carbocycles. The Balaban J connectivity index is 3.88. The van der Waals surface area contributed by atoms with Crippen molar-refractivity contribution >= 4 is 6.29 Å². The first-order valence-electron chi connectivity index (χ1n) is 3.90. The highest BCUT2D eigenvalue weighted by Gasteiger charge is 2.23. The van der Waals surface area contributed by atoms with E-state index in [1.54, 1.807) is 6.92 Å². The van der Waals surface area contributed by atoms with Crippen LogP contribution in [0.5, 0.6) is 0 Å². The van der Waals surface area contributed by atoms with Gasteiger partial charge in [0.25, 0.3) is 0 Å². The highest BCUT2D eigenvalue weighted by Crippen LogP contribution is 2.15. The molecule has 0 aliphatic heterocycles. The lowest BCUT2D eigenvalue weighted by molar-refractivity contribution is -0.220. The molecular formula is C8H16O3. The molecule has 0 fully saturated rings. The third-order valence-corrected chi connectivity index (χ3v) is 1.35. The van der Waals surface area contributed by atoms with E-state index in [1.165, 1.54) is 0 Å². The van der Waals surface area contributed by atoms with Crippen molar-refractivity contribution in [1.82, 2.24) is 0 Å². The van der Waals surface area contributed by atoms with Crippen LogP contribution in [0.2, 0.25) is 0 Å². The van der Waals surface area contributed by atoms with Gasteiger partial charge in [-0.15, -0.1) is 0 Å². The molecular weight excluding hydrogens is 144 g/mol. The van der Waals surface area contributed by atoms with Crippen LogP contribution < -0.4 is 0 Å². The van der Waals surface area contributed by atoms with Gasteiger partial charge in [0, 0.05) is 13.2 Å². The van der Waals surface area contributed by atoms with Crippen molar-refractivity contribution in [2.24, 2.45) is 0 Å². The van der Waals surface area contributed by atoms with Gasteiger partial charge in [-0.1, -0.05) is 0 Å². The molecule has 0 N–H and O–H groups in total. The molecule has 11 heavy (non-hydrogen) atoms. The number of carbonyl (C=O) groups is 1. The first-order chi connectivity index (χ1) is 5.18. The first kappa shape index (κ1) is 10.6. The average molecular weight is 160 g/mol. The number of hydrogen-bond donors (Lipinski definition) is 0. The van der Waals surface area contributed by atoms with Gasteiger partial charge in [-0.25, -0.2) is 0 Å². The highest BCUT2D eigenvalue weighted by molar-refractivity contribution is 5.50. The lowest BCUT2D eigenvalue weighted by atomic mass is 10.2. The van der Waals surface area contributed by atoms with Crippen LogP contribution in [0.4, 0.5) is 0 Å². The molecule has 0 amide bonds. The van der Waals surface area contributed by atoms with Gasteiger partial charge in [0.15, 0.2) is 5.79 Å². The van der Waals surface area contributed by atoms with Crippen molar-refractivity contribution in [2.45, 2.75) is 33.0 Å². The third-order valence-electron chi connectivity index (χ3n) is 1.35. The van der Waals surface area contributed by atoms with Crippen LogP contribution in [-0.4, -0.2) is 25.3 Å². The average Bonchev–Trinajstić information content (AvgIpc) is 1.88. The smallest absolute Gasteiger partial charge is 0.172 e. The Labute approximate surface area is 67.7 Å². The molecule has 0 saturated heterocycles. The Morgan fingerprint density at radius 3 is 2.00 bits per heavy atom. The summed E-state index contributed by atoms with van der Waals surface area (Å²) in [6, 6.07) is 0. The molecule has 0 aromatic rings. The molecule has 66 valence electrons. The number of rotatable bonds is 6. The van der Waals surface area contributed by atoms with Crippen molar-refractivity contribution in [3.63, 3.8) is 0 Å². The van der Waals surface area contributed by atoms with Gasteiger partial charge in [0.1, 0.15) is 6.29 Å². The molecule has 0 aliphatic rings. The van der Waals surface area contributed by atoms with Crippen LogP contribution in [0.25, 0.3) is 0 Å². The van der Waals surface area contributed by atoms with Gasteiger partial charge in [-0.2, -0.15) is 0 Å². The Morgan fingerprint density at radius 1 is 1.27 bits per heavy atom. The van der Waals surface area contributed by atoms with Crippen molar-refractivity contribution in [1.29, 1.82) is 0 Å². The fourth-order valence-electron chi connectivity index (χ4n) is 0.922. The molecule has 0 spiro atoms. The quantitative estimate of drug-likeness (QED) is 0.435. The standard InChI is InChI=1S/C8H16O3/c1-4-10-8(3,6-7-9)11-5-2/h7H,4-6H2,1-3H3. The Bertz CT molecular complexity index is 106. The topological polar surface area (TPSA) is 35.5 Å². The fraction of sp³-hybridized carbons (Fsp3) is 0.875. The van der Waals surface area contributed by atoms with Gasteiger partial charge in [0.05, 0.1) is 6.42 Å². The van der Waals surface area contributed by atoms with E-state index in [2.05, 4.69) is 0 Å². The van der Waals surface area contributed by atoms with E-state index in [1.807, 2.05) is 13.8 Å². The number of aldehydes is 1. The number of carbonyl (C=O) groups excluding carboxylic acids is 1. The molecule has 0 unspecified atom stereocenters. The summed E-state index contributed by atoms with van der Waals surface area (Å²) in [6.45, 7) is 6.65. The minimum Gasteiger partial charge on any atom is -0.350 e. The van der Waals surface area contributed by atoms with Gasteiger partial charge in [-0.05, 0) is 20.8 Å². The van der Waals surface area contributed by atoms with E-state index in [9.17, 15) is 4.79 Å². The zero-order valence-corrected chi connectivity index (χ0v) is 7.42. The van der Waals surface area contributed by atoms with E-state index in [-0.39, 0.29) is 6.42 Å². The molecule has 0 rings (SSSR count). The first-order valence-corrected chi connectivity index (χ1v) is 3.90. The second kappa shape index (κ2) is 5.27. The molecule has 0 atom stereocenters. The predicted octanol–water partition coefficient (Wildman–Crippen LogP) is 1.36. The Hall–Kier alpha value is -0.410. The van der Waals surface area contributed by atoms with E-state index in [0.717, 1.165) is 6.29 Å². The Morgan fingerprint density at radius 2 is 1.73 bits per heavy atom. The SMILES string of the molecule is CCOC(C)(CC=O)OCC. The summed E-state index contributed by atoms with van der Waals surface area (Å²) in [6.07, 6.45) is 1.10. The van der Waals surface area contributed by atoms with Crippen LogP contribution in [0.15, 0.2) is 0 Å². The molecule has 0 saturated carbocycles. The summed E-state index contributed by atoms with van der Waals surface area (Å²) < 4.78 is 10.5. The van der Waals surface area contributed by atoms with Crippen molar-refractivity contribution in [3.05, 3.63) is 0 Å². The lowest BCUT2D eigenvalue weighted by Crippen LogP contribution is -2.32. The van der Waals surface area contributed by atoms with E-state index >= 15 is 0 Å². The maximum absolute atomic E-state index is 10.2. The second-order valence-corrected chi connectivity index (χ2v) is 2.37. The summed E-state index contributed by atoms with van der Waals surface area (Å²) in [5.41, 5.74) is 0. The van der Waals surface area contributed by atoms with E-state index in [0.29, 0.717) is 13.2 Å². The molecule has 0 aromatic carbocycles. The minimum atomic E-state index is -0.717. The lowest BCUT2D eigenvalue weighted by Gasteiger charge is -2.26. The molecule has 0 radical (unpaired) electrons. The molecule has 0 heterocycles. The molecule has 0 bridgehead atoms. The van der Waals surface area contributed by atoms with Crippen LogP contribution in [0.3, 0.4) is 0 Å². The predicted molar refractivity (Wildman–Crippen MR) is 42.3 cm³/mol. The van der Waals surface area contributed by atoms with Crippen LogP contribution in [0.1, 0.15) is 27.2 Å². The van der Waals surface area contributed by atoms with Crippen molar-refractivity contribution in [3.8, 4) is 0 Å². The number of hydrogen-bond acceptors (Lipinski definition) is 3. The summed E-state index contributed by atoms with van der Waals surface area (Å²) in [7, 11) is 0. The Kier molecular flexibility index (Phi) is 5.07. The second-order valence-electron chi connectivity index (χ2n) is 2.37. The summed E-state index contributed by atoms with van der Waals surface area (Å²) in [5.74, 6) is -0.717. The van der Waals surface area contributed by atoms with Crippen LogP contribution in [-0.2, 0) is 14.3 Å². The zero-order chi connectivity index (χ0) is 8.74. The normalized spacial score (nSPS) is 11.5. The monoisotopic (exact) mass is 160 g/mol. The van der Waals surface area contributed by atoms with Crippen molar-refractivity contribution < 1.29 is 14.3 Å². The zero-order valence-electron chi connectivity index (χ0n) is 7.42. The molecule has 0 aromatic heterocycles. The van der Waals surface area contributed by atoms with Crippen LogP contribution >= 0.6 is 0 Å². The van der Waals surface area contributed by atoms with E-state index in [4.69, 9.17) is 9.47 Å². The summed E-state index contributed by atoms with van der Waals surface area (Å²) >= 11 is 0. The van der Waals surface area contributed by atoms with Crippen LogP contribution in [0, 0.1) is 0 Å². The molecule has 3 nitrogen and oxygen atoms in total. The molecule has 3 heteroatoms. The maximum atomic E-state index is 10.2. The van der Waals surface area contributed by atoms with Gasteiger partial charge >= 0.3 is 0 Å². The fourth-order valence-corrected chi connectivity index (χ4v) is 0.922. The summed E-state index contributed by atoms with van der Waals surface area (Å²) in [5, 5.41) is 0. The van der Waals surface area contributed by atoms with E-state index < -0.39 is 5.79 Å². The largest absolute Gasteiger partial charge is 0.350 e. The van der Waals surface area contributed by atoms with Crippen molar-refractivity contribution in [2.75, 3.05) is 13.2 Å². The maximum Gasteiger partial charge on any atom is 0.172 e. The number of ether oxygens (including phenoxy) is 2. The highest BCUT2D eigenvalue weighted by atomic mass is 16.7. The van der Waals surface area contributed by atoms with Gasteiger partial charge < -0.3 is 14.3 Å².